The zero-order valence-electron chi connectivity index (χ0n) is 12.4. The molecule has 0 amide bonds. The van der Waals surface area contributed by atoms with E-state index in [0.717, 1.165) is 29.7 Å². The van der Waals surface area contributed by atoms with Gasteiger partial charge in [-0.1, -0.05) is 18.5 Å². The molecule has 3 nitrogen and oxygen atoms in total. The summed E-state index contributed by atoms with van der Waals surface area (Å²) in [5, 5.41) is 0.640. The molecule has 1 unspecified atom stereocenters. The maximum Gasteiger partial charge on any atom is 0.141 e. The van der Waals surface area contributed by atoms with Crippen LogP contribution in [0.25, 0.3) is 0 Å². The van der Waals surface area contributed by atoms with Gasteiger partial charge in [-0.25, -0.2) is 0 Å². The van der Waals surface area contributed by atoms with Crippen LogP contribution in [0.5, 0.6) is 5.75 Å². The Labute approximate surface area is 133 Å². The van der Waals surface area contributed by atoms with Crippen molar-refractivity contribution in [3.05, 3.63) is 28.3 Å². The molecule has 2 N–H and O–H groups in total. The molecule has 1 aromatic carbocycles. The number of nitrogens with two attached hydrogens (primary N) is 1. The molecule has 0 saturated heterocycles. The third-order valence-electron chi connectivity index (χ3n) is 2.65. The van der Waals surface area contributed by atoms with Gasteiger partial charge < -0.3 is 15.2 Å². The van der Waals surface area contributed by atoms with Gasteiger partial charge in [0, 0.05) is 12.6 Å². The summed E-state index contributed by atoms with van der Waals surface area (Å²) in [5.74, 6) is 0.765. The van der Waals surface area contributed by atoms with Crippen molar-refractivity contribution in [2.24, 2.45) is 5.73 Å². The standard InChI is InChI=1S/C15H24ClNO2.ClH/c1-4-6-19-15-13(7-11(3)17)8-12(9-14(15)16)10-18-5-2;/h8-9,11H,4-7,10,17H2,1-3H3;1H. The SMILES string of the molecule is CCCOc1c(Cl)cc(COCC)cc1CC(C)N.Cl. The Morgan fingerprint density at radius 1 is 1.30 bits per heavy atom. The van der Waals surface area contributed by atoms with Gasteiger partial charge in [0.15, 0.2) is 0 Å². The van der Waals surface area contributed by atoms with Gasteiger partial charge in [0.2, 0.25) is 0 Å². The van der Waals surface area contributed by atoms with Crippen molar-refractivity contribution >= 4 is 24.0 Å². The van der Waals surface area contributed by atoms with Crippen molar-refractivity contribution in [1.82, 2.24) is 0 Å². The van der Waals surface area contributed by atoms with Crippen molar-refractivity contribution in [2.75, 3.05) is 13.2 Å². The molecule has 0 spiro atoms. The van der Waals surface area contributed by atoms with E-state index in [1.165, 1.54) is 0 Å². The molecule has 0 aliphatic heterocycles. The molecule has 0 aliphatic rings. The second-order valence-electron chi connectivity index (χ2n) is 4.73. The fourth-order valence-corrected chi connectivity index (χ4v) is 2.20. The summed E-state index contributed by atoms with van der Waals surface area (Å²) in [6.45, 7) is 7.94. The minimum atomic E-state index is 0. The molecule has 0 aromatic heterocycles. The van der Waals surface area contributed by atoms with Crippen molar-refractivity contribution in [2.45, 2.75) is 46.3 Å². The van der Waals surface area contributed by atoms with E-state index < -0.39 is 0 Å². The summed E-state index contributed by atoms with van der Waals surface area (Å²) in [6.07, 6.45) is 1.70. The summed E-state index contributed by atoms with van der Waals surface area (Å²) < 4.78 is 11.2. The molecule has 0 saturated carbocycles. The maximum atomic E-state index is 6.31. The first-order chi connectivity index (χ1) is 9.08. The highest BCUT2D eigenvalue weighted by Crippen LogP contribution is 2.32. The number of ether oxygens (including phenoxy) is 2. The lowest BCUT2D eigenvalue weighted by molar-refractivity contribution is 0.134. The molecular weight excluding hydrogens is 297 g/mol. The summed E-state index contributed by atoms with van der Waals surface area (Å²) in [5.41, 5.74) is 8.01. The highest BCUT2D eigenvalue weighted by molar-refractivity contribution is 6.32. The summed E-state index contributed by atoms with van der Waals surface area (Å²) in [7, 11) is 0. The third-order valence-corrected chi connectivity index (χ3v) is 2.93. The van der Waals surface area contributed by atoms with E-state index in [0.29, 0.717) is 24.8 Å². The fraction of sp³-hybridized carbons (Fsp3) is 0.600. The third kappa shape index (κ3) is 6.31. The van der Waals surface area contributed by atoms with E-state index in [1.807, 2.05) is 19.9 Å². The van der Waals surface area contributed by atoms with Crippen molar-refractivity contribution in [1.29, 1.82) is 0 Å². The van der Waals surface area contributed by atoms with Crippen molar-refractivity contribution in [3.8, 4) is 5.75 Å². The minimum Gasteiger partial charge on any atom is -0.492 e. The monoisotopic (exact) mass is 321 g/mol. The zero-order valence-corrected chi connectivity index (χ0v) is 14.0. The summed E-state index contributed by atoms with van der Waals surface area (Å²) in [4.78, 5) is 0. The number of hydrogen-bond acceptors (Lipinski definition) is 3. The first kappa shape index (κ1) is 19.5. The minimum absolute atomic E-state index is 0. The molecule has 0 radical (unpaired) electrons. The largest absolute Gasteiger partial charge is 0.492 e. The van der Waals surface area contributed by atoms with Crippen LogP contribution < -0.4 is 10.5 Å². The Kier molecular flexibility index (Phi) is 10.0. The van der Waals surface area contributed by atoms with Crippen LogP contribution in [0.3, 0.4) is 0 Å². The highest BCUT2D eigenvalue weighted by Gasteiger charge is 2.12. The molecule has 1 aromatic rings. The van der Waals surface area contributed by atoms with Gasteiger partial charge in [0.1, 0.15) is 5.75 Å². The molecule has 116 valence electrons. The first-order valence-electron chi connectivity index (χ1n) is 6.85. The molecule has 1 rings (SSSR count). The zero-order chi connectivity index (χ0) is 14.3. The Balaban J connectivity index is 0.00000361. The fourth-order valence-electron chi connectivity index (χ4n) is 1.88. The van der Waals surface area contributed by atoms with Crippen molar-refractivity contribution < 1.29 is 9.47 Å². The van der Waals surface area contributed by atoms with Gasteiger partial charge in [0.25, 0.3) is 0 Å². The van der Waals surface area contributed by atoms with E-state index in [2.05, 4.69) is 13.0 Å². The van der Waals surface area contributed by atoms with E-state index in [1.54, 1.807) is 0 Å². The molecule has 5 heteroatoms. The van der Waals surface area contributed by atoms with E-state index in [-0.39, 0.29) is 18.4 Å². The molecule has 0 heterocycles. The number of halogens is 2. The highest BCUT2D eigenvalue weighted by atomic mass is 35.5. The molecule has 20 heavy (non-hydrogen) atoms. The topological polar surface area (TPSA) is 44.5 Å². The van der Waals surface area contributed by atoms with Gasteiger partial charge in [-0.3, -0.25) is 0 Å². The van der Waals surface area contributed by atoms with Crippen LogP contribution in [0.1, 0.15) is 38.3 Å². The quantitative estimate of drug-likeness (QED) is 0.787. The lowest BCUT2D eigenvalue weighted by Crippen LogP contribution is -2.18. The predicted octanol–water partition coefficient (Wildman–Crippen LogP) is 3.98. The number of hydrogen-bond donors (Lipinski definition) is 1. The molecule has 0 bridgehead atoms. The lowest BCUT2D eigenvalue weighted by atomic mass is 10.0. The molecule has 0 fully saturated rings. The summed E-state index contributed by atoms with van der Waals surface area (Å²) in [6, 6.07) is 4.06. The molecule has 1 atom stereocenters. The van der Waals surface area contributed by atoms with Crippen LogP contribution in [-0.2, 0) is 17.8 Å². The van der Waals surface area contributed by atoms with Crippen LogP contribution in [0.4, 0.5) is 0 Å². The average Bonchev–Trinajstić information content (AvgIpc) is 2.34. The Bertz CT molecular complexity index is 398. The molecule has 0 aliphatic carbocycles. The van der Waals surface area contributed by atoms with Gasteiger partial charge in [-0.15, -0.1) is 12.4 Å². The van der Waals surface area contributed by atoms with E-state index in [4.69, 9.17) is 26.8 Å². The van der Waals surface area contributed by atoms with Gasteiger partial charge in [-0.05, 0) is 49.9 Å². The smallest absolute Gasteiger partial charge is 0.141 e. The van der Waals surface area contributed by atoms with E-state index in [9.17, 15) is 0 Å². The number of rotatable bonds is 8. The second kappa shape index (κ2) is 10.3. The van der Waals surface area contributed by atoms with Crippen molar-refractivity contribution in [3.63, 3.8) is 0 Å². The normalized spacial score (nSPS) is 11.8. The lowest BCUT2D eigenvalue weighted by Gasteiger charge is -2.16. The number of benzene rings is 1. The van der Waals surface area contributed by atoms with Gasteiger partial charge in [0.05, 0.1) is 18.2 Å². The van der Waals surface area contributed by atoms with Crippen LogP contribution in [0.2, 0.25) is 5.02 Å². The average molecular weight is 322 g/mol. The maximum absolute atomic E-state index is 6.31. The van der Waals surface area contributed by atoms with Gasteiger partial charge >= 0.3 is 0 Å². The van der Waals surface area contributed by atoms with Gasteiger partial charge in [-0.2, -0.15) is 0 Å². The second-order valence-corrected chi connectivity index (χ2v) is 5.14. The Hall–Kier alpha value is -0.480. The van der Waals surface area contributed by atoms with Crippen LogP contribution in [0.15, 0.2) is 12.1 Å². The first-order valence-corrected chi connectivity index (χ1v) is 7.23. The van der Waals surface area contributed by atoms with E-state index >= 15 is 0 Å². The van der Waals surface area contributed by atoms with Crippen LogP contribution in [0, 0.1) is 0 Å². The summed E-state index contributed by atoms with van der Waals surface area (Å²) >= 11 is 6.31. The Morgan fingerprint density at radius 3 is 2.55 bits per heavy atom. The predicted molar refractivity (Wildman–Crippen MR) is 87.2 cm³/mol. The molecular formula is C15H25Cl2NO2. The van der Waals surface area contributed by atoms with Crippen LogP contribution >= 0.6 is 24.0 Å². The Morgan fingerprint density at radius 2 is 2.00 bits per heavy atom. The van der Waals surface area contributed by atoms with Crippen LogP contribution in [-0.4, -0.2) is 19.3 Å².